The molecule has 0 aliphatic rings. The minimum Gasteiger partial charge on any atom is -0.508 e. The summed E-state index contributed by atoms with van der Waals surface area (Å²) in [4.78, 5) is 23.4. The van der Waals surface area contributed by atoms with Crippen LogP contribution < -0.4 is 5.32 Å². The lowest BCUT2D eigenvalue weighted by molar-refractivity contribution is -0.146. The summed E-state index contributed by atoms with van der Waals surface area (Å²) in [6, 6.07) is 11.0. The zero-order valence-electron chi connectivity index (χ0n) is 11.9. The van der Waals surface area contributed by atoms with E-state index < -0.39 is 18.5 Å². The van der Waals surface area contributed by atoms with Crippen molar-refractivity contribution in [1.29, 1.82) is 0 Å². The Hall–Kier alpha value is -2.24. The summed E-state index contributed by atoms with van der Waals surface area (Å²) in [5, 5.41) is 12.2. The van der Waals surface area contributed by atoms with E-state index in [1.165, 1.54) is 12.1 Å². The highest BCUT2D eigenvalue weighted by Crippen LogP contribution is 2.29. The predicted octanol–water partition coefficient (Wildman–Crippen LogP) is 3.42. The second-order valence-electron chi connectivity index (χ2n) is 4.65. The highest BCUT2D eigenvalue weighted by molar-refractivity contribution is 6.43. The third-order valence-corrected chi connectivity index (χ3v) is 3.69. The van der Waals surface area contributed by atoms with Gasteiger partial charge in [0.1, 0.15) is 5.75 Å². The zero-order valence-corrected chi connectivity index (χ0v) is 13.4. The molecule has 0 spiro atoms. The van der Waals surface area contributed by atoms with E-state index in [0.29, 0.717) is 16.3 Å². The van der Waals surface area contributed by atoms with Gasteiger partial charge in [-0.05, 0) is 29.8 Å². The molecule has 1 amide bonds. The van der Waals surface area contributed by atoms with Crippen molar-refractivity contribution >= 4 is 40.8 Å². The van der Waals surface area contributed by atoms with Crippen LogP contribution in [0.15, 0.2) is 42.5 Å². The van der Waals surface area contributed by atoms with Gasteiger partial charge < -0.3 is 15.2 Å². The van der Waals surface area contributed by atoms with Crippen molar-refractivity contribution < 1.29 is 19.4 Å². The summed E-state index contributed by atoms with van der Waals surface area (Å²) in [6.45, 7) is -0.431. The smallest absolute Gasteiger partial charge is 0.310 e. The molecule has 5 nitrogen and oxygen atoms in total. The Bertz CT molecular complexity index is 717. The van der Waals surface area contributed by atoms with Crippen molar-refractivity contribution in [1.82, 2.24) is 0 Å². The van der Waals surface area contributed by atoms with Gasteiger partial charge >= 0.3 is 5.97 Å². The number of hydrogen-bond acceptors (Lipinski definition) is 4. The van der Waals surface area contributed by atoms with Gasteiger partial charge in [-0.15, -0.1) is 0 Å². The van der Waals surface area contributed by atoms with Gasteiger partial charge in [-0.2, -0.15) is 0 Å². The summed E-state index contributed by atoms with van der Waals surface area (Å²) in [6.07, 6.45) is 0.00544. The van der Waals surface area contributed by atoms with Gasteiger partial charge in [0.15, 0.2) is 6.61 Å². The molecule has 2 aromatic carbocycles. The van der Waals surface area contributed by atoms with E-state index in [9.17, 15) is 9.59 Å². The lowest BCUT2D eigenvalue weighted by Crippen LogP contribution is -2.21. The van der Waals surface area contributed by atoms with Gasteiger partial charge in [0.05, 0.1) is 22.2 Å². The normalized spacial score (nSPS) is 10.2. The molecule has 0 atom stereocenters. The summed E-state index contributed by atoms with van der Waals surface area (Å²) in [5.41, 5.74) is 1.02. The van der Waals surface area contributed by atoms with Crippen LogP contribution in [0.4, 0.5) is 5.69 Å². The molecule has 0 unspecified atom stereocenters. The van der Waals surface area contributed by atoms with Crippen molar-refractivity contribution in [3.63, 3.8) is 0 Å². The standard InChI is InChI=1S/C16H13Cl2NO4/c17-12-2-1-3-13(16(12)18)19-14(21)9-23-15(22)8-10-4-6-11(20)7-5-10/h1-7,20H,8-9H2,(H,19,21). The van der Waals surface area contributed by atoms with Gasteiger partial charge in [0, 0.05) is 0 Å². The van der Waals surface area contributed by atoms with Crippen LogP contribution in [-0.2, 0) is 20.7 Å². The molecule has 0 saturated carbocycles. The first-order chi connectivity index (χ1) is 11.0. The van der Waals surface area contributed by atoms with Crippen molar-refractivity contribution in [2.24, 2.45) is 0 Å². The quantitative estimate of drug-likeness (QED) is 0.807. The minimum absolute atomic E-state index is 0.00544. The first kappa shape index (κ1) is 17.1. The largest absolute Gasteiger partial charge is 0.508 e. The predicted molar refractivity (Wildman–Crippen MR) is 87.9 cm³/mol. The van der Waals surface area contributed by atoms with Crippen LogP contribution in [0, 0.1) is 0 Å². The number of carbonyl (C=O) groups is 2. The van der Waals surface area contributed by atoms with Crippen LogP contribution in [0.25, 0.3) is 0 Å². The maximum atomic E-state index is 11.8. The Balaban J connectivity index is 1.83. The van der Waals surface area contributed by atoms with E-state index in [1.807, 2.05) is 0 Å². The fourth-order valence-electron chi connectivity index (χ4n) is 1.76. The van der Waals surface area contributed by atoms with Crippen molar-refractivity contribution in [2.45, 2.75) is 6.42 Å². The number of benzene rings is 2. The lowest BCUT2D eigenvalue weighted by Gasteiger charge is -2.09. The molecule has 0 saturated heterocycles. The average molecular weight is 354 g/mol. The molecule has 0 aromatic heterocycles. The van der Waals surface area contributed by atoms with Crippen molar-refractivity contribution in [3.05, 3.63) is 58.1 Å². The van der Waals surface area contributed by atoms with Crippen LogP contribution in [-0.4, -0.2) is 23.6 Å². The van der Waals surface area contributed by atoms with E-state index in [1.54, 1.807) is 30.3 Å². The Kier molecular flexibility index (Phi) is 5.84. The number of phenolic OH excluding ortho intramolecular Hbond substituents is 1. The van der Waals surface area contributed by atoms with Crippen LogP contribution >= 0.6 is 23.2 Å². The van der Waals surface area contributed by atoms with Crippen LogP contribution in [0.2, 0.25) is 10.0 Å². The number of aromatic hydroxyl groups is 1. The number of hydrogen-bond donors (Lipinski definition) is 2. The Morgan fingerprint density at radius 1 is 1.09 bits per heavy atom. The van der Waals surface area contributed by atoms with Crippen molar-refractivity contribution in [3.8, 4) is 5.75 Å². The third kappa shape index (κ3) is 5.16. The molecule has 0 bridgehead atoms. The first-order valence-electron chi connectivity index (χ1n) is 6.63. The molecule has 0 fully saturated rings. The molecule has 0 radical (unpaired) electrons. The van der Waals surface area contributed by atoms with Gasteiger partial charge in [-0.1, -0.05) is 41.4 Å². The molecule has 0 aliphatic heterocycles. The summed E-state index contributed by atoms with van der Waals surface area (Å²) >= 11 is 11.8. The molecular formula is C16H13Cl2NO4. The van der Waals surface area contributed by atoms with Gasteiger partial charge in [0.2, 0.25) is 0 Å². The average Bonchev–Trinajstić information content (AvgIpc) is 2.52. The molecule has 0 aliphatic carbocycles. The van der Waals surface area contributed by atoms with E-state index in [0.717, 1.165) is 0 Å². The highest BCUT2D eigenvalue weighted by Gasteiger charge is 2.11. The number of anilines is 1. The molecule has 2 rings (SSSR count). The maximum absolute atomic E-state index is 11.8. The number of rotatable bonds is 5. The van der Waals surface area contributed by atoms with E-state index >= 15 is 0 Å². The van der Waals surface area contributed by atoms with Gasteiger partial charge in [0.25, 0.3) is 5.91 Å². The number of phenols is 1. The van der Waals surface area contributed by atoms with E-state index in [4.69, 9.17) is 33.0 Å². The molecule has 2 aromatic rings. The lowest BCUT2D eigenvalue weighted by atomic mass is 10.1. The summed E-state index contributed by atoms with van der Waals surface area (Å²) < 4.78 is 4.89. The number of nitrogens with one attached hydrogen (secondary N) is 1. The number of halogens is 2. The van der Waals surface area contributed by atoms with Gasteiger partial charge in [-0.25, -0.2) is 0 Å². The zero-order chi connectivity index (χ0) is 16.8. The third-order valence-electron chi connectivity index (χ3n) is 2.87. The van der Waals surface area contributed by atoms with E-state index in [-0.39, 0.29) is 17.2 Å². The van der Waals surface area contributed by atoms with Crippen LogP contribution in [0.5, 0.6) is 5.75 Å². The number of amides is 1. The highest BCUT2D eigenvalue weighted by atomic mass is 35.5. The first-order valence-corrected chi connectivity index (χ1v) is 7.38. The minimum atomic E-state index is -0.553. The number of ether oxygens (including phenoxy) is 1. The monoisotopic (exact) mass is 353 g/mol. The molecule has 0 heterocycles. The van der Waals surface area contributed by atoms with Crippen LogP contribution in [0.1, 0.15) is 5.56 Å². The molecular weight excluding hydrogens is 341 g/mol. The summed E-state index contributed by atoms with van der Waals surface area (Å²) in [5.74, 6) is -0.962. The second kappa shape index (κ2) is 7.85. The SMILES string of the molecule is O=C(COC(=O)Cc1ccc(O)cc1)Nc1cccc(Cl)c1Cl. The second-order valence-corrected chi connectivity index (χ2v) is 5.44. The van der Waals surface area contributed by atoms with Crippen LogP contribution in [0.3, 0.4) is 0 Å². The van der Waals surface area contributed by atoms with E-state index in [2.05, 4.69) is 5.32 Å². The maximum Gasteiger partial charge on any atom is 0.310 e. The molecule has 23 heavy (non-hydrogen) atoms. The molecule has 7 heteroatoms. The Labute approximate surface area is 142 Å². The Morgan fingerprint density at radius 3 is 2.48 bits per heavy atom. The fourth-order valence-corrected chi connectivity index (χ4v) is 2.11. The number of carbonyl (C=O) groups excluding carboxylic acids is 2. The van der Waals surface area contributed by atoms with Crippen molar-refractivity contribution in [2.75, 3.05) is 11.9 Å². The summed E-state index contributed by atoms with van der Waals surface area (Å²) in [7, 11) is 0. The number of esters is 1. The Morgan fingerprint density at radius 2 is 1.78 bits per heavy atom. The molecule has 2 N–H and O–H groups in total. The fraction of sp³-hybridized carbons (Fsp3) is 0.125. The van der Waals surface area contributed by atoms with Gasteiger partial charge in [-0.3, -0.25) is 9.59 Å². The topological polar surface area (TPSA) is 75.6 Å². The molecule has 120 valence electrons.